The van der Waals surface area contributed by atoms with Gasteiger partial charge in [0.25, 0.3) is 11.8 Å². The third-order valence-corrected chi connectivity index (χ3v) is 8.44. The largest absolute Gasteiger partial charge is 0.366 e. The Balaban J connectivity index is 1.28. The molecule has 5 aromatic rings. The topological polar surface area (TPSA) is 228 Å². The first kappa shape index (κ1) is 45.0. The van der Waals surface area contributed by atoms with E-state index in [0.717, 1.165) is 0 Å². The smallest absolute Gasteiger partial charge is 0.256 e. The molecule has 0 unspecified atom stereocenters. The number of nitrogens with zero attached hydrogens (tertiary/aromatic N) is 2. The molecule has 62 heavy (non-hydrogen) atoms. The van der Waals surface area contributed by atoms with Gasteiger partial charge < -0.3 is 32.7 Å². The van der Waals surface area contributed by atoms with E-state index < -0.39 is 23.6 Å². The van der Waals surface area contributed by atoms with Crippen LogP contribution in [-0.4, -0.2) is 45.4 Å². The second-order valence-electron chi connectivity index (χ2n) is 16.7. The maximum Gasteiger partial charge on any atom is 0.256 e. The van der Waals surface area contributed by atoms with Crippen LogP contribution in [-0.2, 0) is 9.59 Å². The standard InChI is InChI=1S/C48H46N8O6/c1-47(2,3)27-41(57)53-37-9-7-11-39(51-37)55-45(61)35-23-31(21-33(25-35)43(49)59)19-17-29-13-15-30(16-14-29)18-20-32-22-34(44(50)60)26-36(24-32)46(62)56-40-12-8-10-38(52-40)54-42(58)28-48(4,5)6/h7-16,21-26H,27-28H2,1-6H3,(H2,49,59)(H2,50,60)(H2,51,53,55,57,61)(H2,52,54,56,58,62). The number of amides is 6. The summed E-state index contributed by atoms with van der Waals surface area (Å²) < 4.78 is 0. The lowest BCUT2D eigenvalue weighted by Gasteiger charge is -2.17. The molecule has 0 aliphatic heterocycles. The normalized spacial score (nSPS) is 10.8. The van der Waals surface area contributed by atoms with E-state index in [4.69, 9.17) is 11.5 Å². The highest BCUT2D eigenvalue weighted by Gasteiger charge is 2.19. The van der Waals surface area contributed by atoms with E-state index >= 15 is 0 Å². The predicted molar refractivity (Wildman–Crippen MR) is 238 cm³/mol. The monoisotopic (exact) mass is 830 g/mol. The molecule has 2 heterocycles. The van der Waals surface area contributed by atoms with Crippen molar-refractivity contribution < 1.29 is 28.8 Å². The molecule has 8 N–H and O–H groups in total. The summed E-state index contributed by atoms with van der Waals surface area (Å²) in [6.07, 6.45) is 0.566. The Bertz CT molecular complexity index is 2520. The van der Waals surface area contributed by atoms with Gasteiger partial charge in [-0.15, -0.1) is 0 Å². The zero-order chi connectivity index (χ0) is 45.2. The van der Waals surface area contributed by atoms with Crippen molar-refractivity contribution in [1.82, 2.24) is 9.97 Å². The molecule has 14 heteroatoms. The second kappa shape index (κ2) is 19.3. The Hall–Kier alpha value is -8.10. The molecule has 2 aromatic heterocycles. The van der Waals surface area contributed by atoms with Crippen LogP contribution in [0.1, 0.15) is 118 Å². The number of nitrogens with one attached hydrogen (secondary N) is 4. The van der Waals surface area contributed by atoms with E-state index in [1.807, 2.05) is 41.5 Å². The summed E-state index contributed by atoms with van der Waals surface area (Å²) in [5.41, 5.74) is 13.0. The van der Waals surface area contributed by atoms with E-state index in [0.29, 0.717) is 22.3 Å². The number of pyridine rings is 2. The van der Waals surface area contributed by atoms with Gasteiger partial charge in [-0.3, -0.25) is 28.8 Å². The first-order valence-corrected chi connectivity index (χ1v) is 19.4. The number of anilines is 4. The van der Waals surface area contributed by atoms with Crippen LogP contribution >= 0.6 is 0 Å². The van der Waals surface area contributed by atoms with Gasteiger partial charge in [-0.1, -0.05) is 77.4 Å². The third kappa shape index (κ3) is 14.0. The van der Waals surface area contributed by atoms with E-state index in [9.17, 15) is 28.8 Å². The number of primary amides is 2. The summed E-state index contributed by atoms with van der Waals surface area (Å²) in [5.74, 6) is 9.82. The molecule has 5 rings (SSSR count). The quantitative estimate of drug-likeness (QED) is 0.0825. The lowest BCUT2D eigenvalue weighted by Crippen LogP contribution is -2.21. The number of rotatable bonds is 10. The van der Waals surface area contributed by atoms with Crippen LogP contribution in [0.2, 0.25) is 0 Å². The van der Waals surface area contributed by atoms with Crippen LogP contribution in [0.3, 0.4) is 0 Å². The highest BCUT2D eigenvalue weighted by molar-refractivity contribution is 6.07. The molecule has 14 nitrogen and oxygen atoms in total. The fraction of sp³-hybridized carbons (Fsp3) is 0.208. The predicted octanol–water partition coefficient (Wildman–Crippen LogP) is 6.73. The Morgan fingerprint density at radius 1 is 0.452 bits per heavy atom. The second-order valence-corrected chi connectivity index (χ2v) is 16.7. The molecule has 3 aromatic carbocycles. The van der Waals surface area contributed by atoms with Gasteiger partial charge in [-0.25, -0.2) is 9.97 Å². The van der Waals surface area contributed by atoms with Crippen molar-refractivity contribution in [1.29, 1.82) is 0 Å². The van der Waals surface area contributed by atoms with Crippen molar-refractivity contribution in [2.75, 3.05) is 21.3 Å². The number of aromatic nitrogens is 2. The lowest BCUT2D eigenvalue weighted by molar-refractivity contribution is -0.118. The summed E-state index contributed by atoms with van der Waals surface area (Å²) in [4.78, 5) is 84.3. The minimum absolute atomic E-state index is 0.0766. The maximum atomic E-state index is 13.3. The fourth-order valence-corrected chi connectivity index (χ4v) is 5.73. The van der Waals surface area contributed by atoms with Gasteiger partial charge in [0.2, 0.25) is 23.6 Å². The summed E-state index contributed by atoms with van der Waals surface area (Å²) in [6, 6.07) is 25.2. The molecule has 0 aliphatic rings. The van der Waals surface area contributed by atoms with E-state index in [1.165, 1.54) is 36.4 Å². The van der Waals surface area contributed by atoms with Gasteiger partial charge in [0.15, 0.2) is 0 Å². The molecule has 0 spiro atoms. The third-order valence-electron chi connectivity index (χ3n) is 8.44. The zero-order valence-corrected chi connectivity index (χ0v) is 35.2. The molecule has 0 saturated heterocycles. The molecule has 0 aliphatic carbocycles. The van der Waals surface area contributed by atoms with Gasteiger partial charge in [-0.2, -0.15) is 0 Å². The van der Waals surface area contributed by atoms with Crippen molar-refractivity contribution in [3.05, 3.63) is 142 Å². The molecule has 0 fully saturated rings. The molecular formula is C48H46N8O6. The van der Waals surface area contributed by atoms with Gasteiger partial charge in [0.1, 0.15) is 23.3 Å². The van der Waals surface area contributed by atoms with E-state index in [1.54, 1.807) is 60.7 Å². The van der Waals surface area contributed by atoms with Crippen LogP contribution < -0.4 is 32.7 Å². The van der Waals surface area contributed by atoms with Crippen molar-refractivity contribution in [3.8, 4) is 23.7 Å². The molecule has 0 atom stereocenters. The summed E-state index contributed by atoms with van der Waals surface area (Å²) in [7, 11) is 0. The number of benzene rings is 3. The molecule has 314 valence electrons. The summed E-state index contributed by atoms with van der Waals surface area (Å²) in [6.45, 7) is 11.7. The molecule has 0 radical (unpaired) electrons. The van der Waals surface area contributed by atoms with Crippen LogP contribution in [0.4, 0.5) is 23.3 Å². The van der Waals surface area contributed by atoms with Crippen molar-refractivity contribution >= 4 is 58.7 Å². The maximum absolute atomic E-state index is 13.3. The number of carbonyl (C=O) groups is 6. The highest BCUT2D eigenvalue weighted by Crippen LogP contribution is 2.22. The first-order chi connectivity index (χ1) is 29.2. The van der Waals surface area contributed by atoms with Crippen LogP contribution in [0, 0.1) is 34.5 Å². The van der Waals surface area contributed by atoms with Crippen LogP contribution in [0.5, 0.6) is 0 Å². The number of hydrogen-bond acceptors (Lipinski definition) is 8. The summed E-state index contributed by atoms with van der Waals surface area (Å²) in [5, 5.41) is 10.8. The number of hydrogen-bond donors (Lipinski definition) is 6. The van der Waals surface area contributed by atoms with Crippen molar-refractivity contribution in [2.24, 2.45) is 22.3 Å². The lowest BCUT2D eigenvalue weighted by atomic mass is 9.92. The van der Waals surface area contributed by atoms with Crippen LogP contribution in [0.15, 0.2) is 97.1 Å². The Morgan fingerprint density at radius 2 is 0.758 bits per heavy atom. The molecule has 6 amide bonds. The fourth-order valence-electron chi connectivity index (χ4n) is 5.73. The Labute approximate surface area is 359 Å². The van der Waals surface area contributed by atoms with Crippen LogP contribution in [0.25, 0.3) is 0 Å². The number of nitrogens with two attached hydrogens (primary N) is 2. The minimum Gasteiger partial charge on any atom is -0.366 e. The van der Waals surface area contributed by atoms with Crippen molar-refractivity contribution in [3.63, 3.8) is 0 Å². The SMILES string of the molecule is CC(C)(C)CC(=O)Nc1cccc(NC(=O)c2cc(C#Cc3ccc(C#Cc4cc(C(N)=O)cc(C(=O)Nc5cccc(NC(=O)CC(C)(C)C)n5)c4)cc3)cc(C(N)=O)c2)n1. The van der Waals surface area contributed by atoms with Gasteiger partial charge in [0, 0.05) is 57.3 Å². The van der Waals surface area contributed by atoms with Gasteiger partial charge >= 0.3 is 0 Å². The van der Waals surface area contributed by atoms with Gasteiger partial charge in [-0.05, 0) is 95.8 Å². The zero-order valence-electron chi connectivity index (χ0n) is 35.2. The molecule has 0 bridgehead atoms. The van der Waals surface area contributed by atoms with E-state index in [-0.39, 0.29) is 81.0 Å². The number of carbonyl (C=O) groups excluding carboxylic acids is 6. The Kier molecular flexibility index (Phi) is 14.0. The summed E-state index contributed by atoms with van der Waals surface area (Å²) >= 11 is 0. The Morgan fingerprint density at radius 3 is 1.08 bits per heavy atom. The molecular weight excluding hydrogens is 785 g/mol. The van der Waals surface area contributed by atoms with E-state index in [2.05, 4.69) is 54.9 Å². The first-order valence-electron chi connectivity index (χ1n) is 19.4. The minimum atomic E-state index is -0.748. The molecule has 0 saturated carbocycles. The van der Waals surface area contributed by atoms with Crippen molar-refractivity contribution in [2.45, 2.75) is 54.4 Å². The highest BCUT2D eigenvalue weighted by atomic mass is 16.2. The van der Waals surface area contributed by atoms with Gasteiger partial charge in [0.05, 0.1) is 0 Å². The average molecular weight is 831 g/mol. The average Bonchev–Trinajstić information content (AvgIpc) is 3.18.